The van der Waals surface area contributed by atoms with E-state index in [0.29, 0.717) is 6.04 Å². The van der Waals surface area contributed by atoms with E-state index in [1.165, 1.54) is 45.2 Å². The third kappa shape index (κ3) is 5.66. The van der Waals surface area contributed by atoms with Crippen LogP contribution in [0.4, 0.5) is 0 Å². The van der Waals surface area contributed by atoms with Crippen molar-refractivity contribution in [2.45, 2.75) is 58.0 Å². The fourth-order valence-electron chi connectivity index (χ4n) is 2.12. The summed E-state index contributed by atoms with van der Waals surface area (Å²) in [5, 5.41) is 3.58. The summed E-state index contributed by atoms with van der Waals surface area (Å²) in [6.45, 7) is 11.9. The first-order chi connectivity index (χ1) is 7.77. The van der Waals surface area contributed by atoms with E-state index in [-0.39, 0.29) is 0 Å². The van der Waals surface area contributed by atoms with Crippen molar-refractivity contribution in [2.75, 3.05) is 19.6 Å². The van der Waals surface area contributed by atoms with Crippen molar-refractivity contribution in [3.63, 3.8) is 0 Å². The summed E-state index contributed by atoms with van der Waals surface area (Å²) in [5.74, 6) is 0. The van der Waals surface area contributed by atoms with Gasteiger partial charge < -0.3 is 5.32 Å². The minimum atomic E-state index is 0.693. The van der Waals surface area contributed by atoms with E-state index in [1.54, 1.807) is 0 Å². The molecule has 1 N–H and O–H groups in total. The van der Waals surface area contributed by atoms with E-state index in [9.17, 15) is 0 Å². The molecule has 0 saturated heterocycles. The van der Waals surface area contributed by atoms with E-state index in [0.717, 1.165) is 12.6 Å². The highest BCUT2D eigenvalue weighted by Crippen LogP contribution is 2.18. The first-order valence-corrected chi connectivity index (χ1v) is 6.86. The number of nitrogens with one attached hydrogen (secondary N) is 1. The van der Waals surface area contributed by atoms with Crippen LogP contribution in [0.25, 0.3) is 0 Å². The molecule has 1 atom stereocenters. The van der Waals surface area contributed by atoms with Gasteiger partial charge in [-0.25, -0.2) is 0 Å². The van der Waals surface area contributed by atoms with Crippen molar-refractivity contribution in [3.05, 3.63) is 12.7 Å². The molecule has 0 radical (unpaired) electrons. The second kappa shape index (κ2) is 7.86. The lowest BCUT2D eigenvalue weighted by atomic mass is 10.1. The third-order valence-corrected chi connectivity index (χ3v) is 3.31. The minimum Gasteiger partial charge on any atom is -0.314 e. The molecule has 1 fully saturated rings. The van der Waals surface area contributed by atoms with Crippen molar-refractivity contribution in [1.29, 1.82) is 0 Å². The largest absolute Gasteiger partial charge is 0.314 e. The Labute approximate surface area is 101 Å². The van der Waals surface area contributed by atoms with Crippen LogP contribution in [0.15, 0.2) is 12.7 Å². The van der Waals surface area contributed by atoms with Gasteiger partial charge in [0.1, 0.15) is 0 Å². The molecule has 1 saturated carbocycles. The van der Waals surface area contributed by atoms with Gasteiger partial charge in [0, 0.05) is 18.6 Å². The van der Waals surface area contributed by atoms with E-state index in [4.69, 9.17) is 0 Å². The summed E-state index contributed by atoms with van der Waals surface area (Å²) in [5.41, 5.74) is 0. The molecule has 1 aliphatic carbocycles. The topological polar surface area (TPSA) is 15.3 Å². The standard InChI is InChI=1S/C14H28N2/c1-4-11-16(12-5-2)13(3)7-6-10-15-14-8-9-14/h4,13-15H,1,5-12H2,2-3H3. The van der Waals surface area contributed by atoms with E-state index >= 15 is 0 Å². The molecule has 0 aliphatic heterocycles. The van der Waals surface area contributed by atoms with E-state index in [1.807, 2.05) is 6.08 Å². The zero-order valence-corrected chi connectivity index (χ0v) is 11.0. The molecule has 0 amide bonds. The van der Waals surface area contributed by atoms with Gasteiger partial charge in [-0.1, -0.05) is 13.0 Å². The van der Waals surface area contributed by atoms with Gasteiger partial charge in [0.2, 0.25) is 0 Å². The van der Waals surface area contributed by atoms with Crippen LogP contribution in [0.2, 0.25) is 0 Å². The van der Waals surface area contributed by atoms with Gasteiger partial charge in [0.15, 0.2) is 0 Å². The Bertz CT molecular complexity index is 187. The van der Waals surface area contributed by atoms with Crippen LogP contribution in [0, 0.1) is 0 Å². The minimum absolute atomic E-state index is 0.693. The number of nitrogens with zero attached hydrogens (tertiary/aromatic N) is 1. The fraction of sp³-hybridized carbons (Fsp3) is 0.857. The Morgan fingerprint density at radius 3 is 2.81 bits per heavy atom. The predicted octanol–water partition coefficient (Wildman–Crippen LogP) is 2.81. The molecule has 16 heavy (non-hydrogen) atoms. The van der Waals surface area contributed by atoms with Gasteiger partial charge in [-0.3, -0.25) is 4.90 Å². The number of hydrogen-bond donors (Lipinski definition) is 1. The molecule has 94 valence electrons. The molecular weight excluding hydrogens is 196 g/mol. The van der Waals surface area contributed by atoms with Gasteiger partial charge in [-0.05, 0) is 52.1 Å². The molecule has 0 aromatic carbocycles. The molecule has 1 unspecified atom stereocenters. The quantitative estimate of drug-likeness (QED) is 0.453. The molecule has 0 aromatic rings. The SMILES string of the molecule is C=CCN(CCC)C(C)CCCNC1CC1. The lowest BCUT2D eigenvalue weighted by Gasteiger charge is -2.27. The van der Waals surface area contributed by atoms with E-state index in [2.05, 4.69) is 30.6 Å². The number of rotatable bonds is 10. The third-order valence-electron chi connectivity index (χ3n) is 3.31. The van der Waals surface area contributed by atoms with Crippen molar-refractivity contribution in [1.82, 2.24) is 10.2 Å². The lowest BCUT2D eigenvalue weighted by molar-refractivity contribution is 0.218. The van der Waals surface area contributed by atoms with Crippen LogP contribution in [0.3, 0.4) is 0 Å². The number of hydrogen-bond acceptors (Lipinski definition) is 2. The molecule has 2 heteroatoms. The first kappa shape index (κ1) is 13.7. The Kier molecular flexibility index (Phi) is 6.74. The highest BCUT2D eigenvalue weighted by molar-refractivity contribution is 4.81. The Morgan fingerprint density at radius 2 is 2.25 bits per heavy atom. The second-order valence-corrected chi connectivity index (χ2v) is 5.00. The van der Waals surface area contributed by atoms with Crippen molar-refractivity contribution < 1.29 is 0 Å². The van der Waals surface area contributed by atoms with Crippen LogP contribution in [-0.4, -0.2) is 36.6 Å². The van der Waals surface area contributed by atoms with Gasteiger partial charge in [-0.2, -0.15) is 0 Å². The molecule has 1 aliphatic rings. The molecule has 0 spiro atoms. The molecule has 0 bridgehead atoms. The fourth-order valence-corrected chi connectivity index (χ4v) is 2.12. The zero-order valence-electron chi connectivity index (χ0n) is 11.0. The average Bonchev–Trinajstić information content (AvgIpc) is 3.07. The molecule has 1 rings (SSSR count). The maximum absolute atomic E-state index is 3.84. The van der Waals surface area contributed by atoms with Crippen molar-refractivity contribution >= 4 is 0 Å². The Hall–Kier alpha value is -0.340. The first-order valence-electron chi connectivity index (χ1n) is 6.86. The maximum Gasteiger partial charge on any atom is 0.0163 e. The van der Waals surface area contributed by atoms with Crippen LogP contribution in [0.5, 0.6) is 0 Å². The summed E-state index contributed by atoms with van der Waals surface area (Å²) < 4.78 is 0. The Balaban J connectivity index is 2.08. The highest BCUT2D eigenvalue weighted by Gasteiger charge is 2.19. The summed E-state index contributed by atoms with van der Waals surface area (Å²) >= 11 is 0. The monoisotopic (exact) mass is 224 g/mol. The van der Waals surface area contributed by atoms with E-state index < -0.39 is 0 Å². The predicted molar refractivity (Wildman–Crippen MR) is 71.8 cm³/mol. The van der Waals surface area contributed by atoms with Crippen LogP contribution >= 0.6 is 0 Å². The maximum atomic E-state index is 3.84. The summed E-state index contributed by atoms with van der Waals surface area (Å²) in [7, 11) is 0. The smallest absolute Gasteiger partial charge is 0.0163 e. The van der Waals surface area contributed by atoms with Gasteiger partial charge in [-0.15, -0.1) is 6.58 Å². The van der Waals surface area contributed by atoms with Crippen molar-refractivity contribution in [3.8, 4) is 0 Å². The average molecular weight is 224 g/mol. The lowest BCUT2D eigenvalue weighted by Crippen LogP contribution is -2.34. The second-order valence-electron chi connectivity index (χ2n) is 5.00. The Morgan fingerprint density at radius 1 is 1.50 bits per heavy atom. The summed E-state index contributed by atoms with van der Waals surface area (Å²) in [6.07, 6.45) is 8.65. The van der Waals surface area contributed by atoms with Crippen LogP contribution in [-0.2, 0) is 0 Å². The molecule has 0 aromatic heterocycles. The van der Waals surface area contributed by atoms with Gasteiger partial charge >= 0.3 is 0 Å². The highest BCUT2D eigenvalue weighted by atomic mass is 15.1. The molecule has 0 heterocycles. The molecular formula is C14H28N2. The summed E-state index contributed by atoms with van der Waals surface area (Å²) in [6, 6.07) is 1.55. The zero-order chi connectivity index (χ0) is 11.8. The van der Waals surface area contributed by atoms with Crippen LogP contribution in [0.1, 0.15) is 46.0 Å². The normalized spacial score (nSPS) is 17.7. The van der Waals surface area contributed by atoms with Crippen molar-refractivity contribution in [2.24, 2.45) is 0 Å². The summed E-state index contributed by atoms with van der Waals surface area (Å²) in [4.78, 5) is 2.53. The van der Waals surface area contributed by atoms with Gasteiger partial charge in [0.25, 0.3) is 0 Å². The van der Waals surface area contributed by atoms with Crippen LogP contribution < -0.4 is 5.32 Å². The molecule has 2 nitrogen and oxygen atoms in total. The van der Waals surface area contributed by atoms with Gasteiger partial charge in [0.05, 0.1) is 0 Å².